The number of aliphatic hydroxyl groups is 2. The smallest absolute Gasteiger partial charge is 0.0594 e. The Morgan fingerprint density at radius 1 is 0.727 bits per heavy atom. The predicted molar refractivity (Wildman–Crippen MR) is 137 cm³/mol. The number of fused-ring (bicyclic) bond motifs is 7. The molecule has 0 aromatic heterocycles. The van der Waals surface area contributed by atoms with E-state index in [1.165, 1.54) is 57.8 Å². The van der Waals surface area contributed by atoms with Crippen molar-refractivity contribution in [1.82, 2.24) is 0 Å². The molecule has 0 radical (unpaired) electrons. The van der Waals surface area contributed by atoms with Gasteiger partial charge in [-0.2, -0.15) is 0 Å². The first-order valence-corrected chi connectivity index (χ1v) is 14.5. The maximum Gasteiger partial charge on any atom is 0.0594 e. The predicted octanol–water partition coefficient (Wildman–Crippen LogP) is 7.47. The molecule has 2 N–H and O–H groups in total. The van der Waals surface area contributed by atoms with Crippen LogP contribution in [0.15, 0.2) is 0 Å². The van der Waals surface area contributed by atoms with E-state index in [-0.39, 0.29) is 16.9 Å². The van der Waals surface area contributed by atoms with E-state index >= 15 is 0 Å². The monoisotopic (exact) mass is 458 g/mol. The van der Waals surface area contributed by atoms with Gasteiger partial charge in [0.25, 0.3) is 0 Å². The highest BCUT2D eigenvalue weighted by Gasteiger charge is 2.71. The summed E-state index contributed by atoms with van der Waals surface area (Å²) in [4.78, 5) is 0. The Morgan fingerprint density at radius 3 is 2.06 bits per heavy atom. The molecule has 5 rings (SSSR count). The van der Waals surface area contributed by atoms with Gasteiger partial charge in [-0.15, -0.1) is 0 Å². The largest absolute Gasteiger partial charge is 0.396 e. The normalized spacial score (nSPS) is 55.8. The van der Waals surface area contributed by atoms with Crippen LogP contribution in [0.4, 0.5) is 0 Å². The van der Waals surface area contributed by atoms with Crippen molar-refractivity contribution < 1.29 is 10.2 Å². The average Bonchev–Trinajstić information content (AvgIpc) is 3.12. The highest BCUT2D eigenvalue weighted by atomic mass is 16.3. The summed E-state index contributed by atoms with van der Waals surface area (Å²) in [6, 6.07) is 0. The molecule has 10 atom stereocenters. The molecule has 0 aromatic rings. The van der Waals surface area contributed by atoms with Crippen LogP contribution in [0.5, 0.6) is 0 Å². The standard InChI is InChI=1S/C31H54O2/c1-26(2,3)20-11-16-31(19-32)18-17-29(7)21(25(20)31)9-10-23-28(6)14-13-24(33)27(4,5)22(28)12-15-30(23,29)8/h20-25,32-33H,9-19H2,1-8H3/t20-,21?,22?,23?,24+,25?,28+,29-,30-,31-/m1/s1. The molecule has 0 aromatic carbocycles. The molecule has 5 aliphatic rings. The van der Waals surface area contributed by atoms with Crippen molar-refractivity contribution in [2.24, 2.45) is 62.1 Å². The van der Waals surface area contributed by atoms with Gasteiger partial charge in [0.2, 0.25) is 0 Å². The number of hydrogen-bond donors (Lipinski definition) is 2. The number of rotatable bonds is 1. The van der Waals surface area contributed by atoms with Crippen molar-refractivity contribution in [3.63, 3.8) is 0 Å². The van der Waals surface area contributed by atoms with Gasteiger partial charge < -0.3 is 10.2 Å². The van der Waals surface area contributed by atoms with Gasteiger partial charge in [-0.3, -0.25) is 0 Å². The minimum absolute atomic E-state index is 0.0352. The molecule has 5 fully saturated rings. The Morgan fingerprint density at radius 2 is 1.42 bits per heavy atom. The van der Waals surface area contributed by atoms with Crippen LogP contribution >= 0.6 is 0 Å². The van der Waals surface area contributed by atoms with E-state index in [0.29, 0.717) is 40.1 Å². The van der Waals surface area contributed by atoms with Crippen molar-refractivity contribution in [3.05, 3.63) is 0 Å². The third-order valence-corrected chi connectivity index (χ3v) is 14.0. The third-order valence-electron chi connectivity index (χ3n) is 14.0. The fourth-order valence-corrected chi connectivity index (χ4v) is 12.0. The quantitative estimate of drug-likeness (QED) is 0.428. The Kier molecular flexibility index (Phi) is 5.40. The van der Waals surface area contributed by atoms with E-state index in [1.54, 1.807) is 0 Å². The zero-order valence-electron chi connectivity index (χ0n) is 23.1. The fraction of sp³-hybridized carbons (Fsp3) is 1.00. The fourth-order valence-electron chi connectivity index (χ4n) is 12.0. The summed E-state index contributed by atoms with van der Waals surface area (Å²) in [5.74, 6) is 3.60. The summed E-state index contributed by atoms with van der Waals surface area (Å²) in [6.45, 7) is 20.6. The van der Waals surface area contributed by atoms with Crippen LogP contribution in [0, 0.1) is 62.1 Å². The Balaban J connectivity index is 1.55. The average molecular weight is 459 g/mol. The molecule has 0 aliphatic heterocycles. The zero-order chi connectivity index (χ0) is 24.2. The van der Waals surface area contributed by atoms with Crippen molar-refractivity contribution >= 4 is 0 Å². The van der Waals surface area contributed by atoms with Crippen LogP contribution in [0.1, 0.15) is 120 Å². The first-order chi connectivity index (χ1) is 15.2. The van der Waals surface area contributed by atoms with Crippen LogP contribution in [0.25, 0.3) is 0 Å². The molecule has 2 heteroatoms. The second kappa shape index (κ2) is 7.24. The third kappa shape index (κ3) is 2.98. The molecule has 0 spiro atoms. The molecule has 5 saturated carbocycles. The number of hydrogen-bond acceptors (Lipinski definition) is 2. The maximum atomic E-state index is 10.9. The molecule has 2 nitrogen and oxygen atoms in total. The first-order valence-electron chi connectivity index (χ1n) is 14.5. The molecule has 33 heavy (non-hydrogen) atoms. The molecule has 0 amide bonds. The Hall–Kier alpha value is -0.0800. The van der Waals surface area contributed by atoms with Gasteiger partial charge in [0.15, 0.2) is 0 Å². The van der Waals surface area contributed by atoms with Crippen molar-refractivity contribution in [1.29, 1.82) is 0 Å². The second-order valence-corrected chi connectivity index (χ2v) is 16.1. The van der Waals surface area contributed by atoms with E-state index in [9.17, 15) is 10.2 Å². The highest BCUT2D eigenvalue weighted by molar-refractivity contribution is 5.19. The Labute approximate surface area is 204 Å². The molecule has 4 unspecified atom stereocenters. The van der Waals surface area contributed by atoms with E-state index in [2.05, 4.69) is 55.4 Å². The SMILES string of the molecule is CC(C)(C)[C@@H]1CC[C@]2(CO)CC[C@]3(C)C(CCC4[C@@]5(C)CC[C@H](O)C(C)(C)C5CC[C@]43C)C12. The zero-order valence-corrected chi connectivity index (χ0v) is 23.1. The molecular weight excluding hydrogens is 404 g/mol. The summed E-state index contributed by atoms with van der Waals surface area (Å²) in [5.41, 5.74) is 1.66. The van der Waals surface area contributed by atoms with Gasteiger partial charge in [-0.05, 0) is 126 Å². The van der Waals surface area contributed by atoms with Gasteiger partial charge in [-0.1, -0.05) is 55.4 Å². The molecule has 5 aliphatic carbocycles. The van der Waals surface area contributed by atoms with Gasteiger partial charge >= 0.3 is 0 Å². The summed E-state index contributed by atoms with van der Waals surface area (Å²) in [6.07, 6.45) is 12.5. The molecule has 0 bridgehead atoms. The minimum atomic E-state index is -0.141. The molecular formula is C31H54O2. The number of aliphatic hydroxyl groups excluding tert-OH is 2. The lowest BCUT2D eigenvalue weighted by Gasteiger charge is -2.73. The summed E-state index contributed by atoms with van der Waals surface area (Å²) in [7, 11) is 0. The first kappa shape index (κ1) is 24.6. The van der Waals surface area contributed by atoms with Gasteiger partial charge in [0, 0.05) is 6.61 Å². The lowest BCUT2D eigenvalue weighted by molar-refractivity contribution is -0.252. The second-order valence-electron chi connectivity index (χ2n) is 16.1. The summed E-state index contributed by atoms with van der Waals surface area (Å²) in [5, 5.41) is 21.7. The van der Waals surface area contributed by atoms with Gasteiger partial charge in [-0.25, -0.2) is 0 Å². The van der Waals surface area contributed by atoms with Crippen LogP contribution in [-0.2, 0) is 0 Å². The summed E-state index contributed by atoms with van der Waals surface area (Å²) >= 11 is 0. The van der Waals surface area contributed by atoms with Crippen LogP contribution < -0.4 is 0 Å². The lowest BCUT2D eigenvalue weighted by Crippen LogP contribution is -2.67. The summed E-state index contributed by atoms with van der Waals surface area (Å²) < 4.78 is 0. The van der Waals surface area contributed by atoms with Gasteiger partial charge in [0.1, 0.15) is 0 Å². The van der Waals surface area contributed by atoms with Crippen molar-refractivity contribution in [2.45, 2.75) is 126 Å². The molecule has 190 valence electrons. The van der Waals surface area contributed by atoms with E-state index < -0.39 is 0 Å². The highest BCUT2D eigenvalue weighted by Crippen LogP contribution is 2.77. The van der Waals surface area contributed by atoms with Crippen molar-refractivity contribution in [3.8, 4) is 0 Å². The van der Waals surface area contributed by atoms with Crippen LogP contribution in [0.3, 0.4) is 0 Å². The molecule has 0 saturated heterocycles. The van der Waals surface area contributed by atoms with E-state index in [1.807, 2.05) is 0 Å². The molecule has 0 heterocycles. The van der Waals surface area contributed by atoms with E-state index in [0.717, 1.165) is 24.2 Å². The lowest BCUT2D eigenvalue weighted by atomic mass is 9.32. The Bertz CT molecular complexity index is 780. The van der Waals surface area contributed by atoms with Crippen LogP contribution in [-0.4, -0.2) is 22.9 Å². The topological polar surface area (TPSA) is 40.5 Å². The van der Waals surface area contributed by atoms with Crippen molar-refractivity contribution in [2.75, 3.05) is 6.61 Å². The van der Waals surface area contributed by atoms with Crippen LogP contribution in [0.2, 0.25) is 0 Å². The maximum absolute atomic E-state index is 10.9. The van der Waals surface area contributed by atoms with Gasteiger partial charge in [0.05, 0.1) is 6.10 Å². The van der Waals surface area contributed by atoms with E-state index in [4.69, 9.17) is 0 Å². The minimum Gasteiger partial charge on any atom is -0.396 e.